The van der Waals surface area contributed by atoms with E-state index in [2.05, 4.69) is 10.8 Å². The Bertz CT molecular complexity index is 300. The molecule has 6 N–H and O–H groups in total. The summed E-state index contributed by atoms with van der Waals surface area (Å²) in [6.07, 6.45) is 1.65. The van der Waals surface area contributed by atoms with Gasteiger partial charge in [-0.3, -0.25) is 9.35 Å². The second-order valence-electron chi connectivity index (χ2n) is 2.55. The van der Waals surface area contributed by atoms with Crippen LogP contribution in [-0.4, -0.2) is 25.5 Å². The van der Waals surface area contributed by atoms with Gasteiger partial charge in [-0.1, -0.05) is 19.9 Å². The van der Waals surface area contributed by atoms with Crippen molar-refractivity contribution in [2.45, 2.75) is 26.7 Å². The molecule has 7 nitrogen and oxygen atoms in total. The maximum absolute atomic E-state index is 10.2. The van der Waals surface area contributed by atoms with Crippen LogP contribution in [0.3, 0.4) is 0 Å². The van der Waals surface area contributed by atoms with Crippen LogP contribution in [0.2, 0.25) is 0 Å². The second-order valence-corrected chi connectivity index (χ2v) is 3.64. The first-order chi connectivity index (χ1) is 6.74. The van der Waals surface area contributed by atoms with Gasteiger partial charge in [-0.15, -0.1) is 0 Å². The van der Waals surface area contributed by atoms with Crippen LogP contribution in [0.25, 0.3) is 0 Å². The molecule has 0 aromatic rings. The van der Waals surface area contributed by atoms with Crippen molar-refractivity contribution in [3.63, 3.8) is 0 Å². The molecule has 0 bridgehead atoms. The van der Waals surface area contributed by atoms with Crippen molar-refractivity contribution in [3.8, 4) is 0 Å². The molecule has 0 aliphatic heterocycles. The number of nitrogens with two attached hydrogens (primary N) is 1. The van der Waals surface area contributed by atoms with Crippen LogP contribution in [0.15, 0.2) is 12.2 Å². The van der Waals surface area contributed by atoms with Gasteiger partial charge in [-0.25, -0.2) is 4.18 Å². The lowest BCUT2D eigenvalue weighted by Crippen LogP contribution is -2.12. The van der Waals surface area contributed by atoms with Crippen molar-refractivity contribution in [2.24, 2.45) is 5.73 Å². The van der Waals surface area contributed by atoms with E-state index >= 15 is 0 Å². The lowest BCUT2D eigenvalue weighted by Gasteiger charge is -1.93. The Morgan fingerprint density at radius 3 is 1.94 bits per heavy atom. The van der Waals surface area contributed by atoms with Crippen molar-refractivity contribution < 1.29 is 21.9 Å². The first-order valence-corrected chi connectivity index (χ1v) is 5.70. The van der Waals surface area contributed by atoms with E-state index in [-0.39, 0.29) is 18.7 Å². The number of primary amides is 1. The third-order valence-corrected chi connectivity index (χ3v) is 1.70. The molecule has 0 saturated heterocycles. The monoisotopic (exact) mass is 256 g/mol. The second kappa shape index (κ2) is 10.6. The van der Waals surface area contributed by atoms with E-state index in [0.717, 1.165) is 12.8 Å². The maximum atomic E-state index is 10.2. The third-order valence-electron chi connectivity index (χ3n) is 1.17. The molecule has 8 heteroatoms. The van der Waals surface area contributed by atoms with Crippen LogP contribution in [0.5, 0.6) is 0 Å². The van der Waals surface area contributed by atoms with Gasteiger partial charge in [-0.05, 0) is 13.3 Å². The molecule has 1 amide bonds. The zero-order valence-corrected chi connectivity index (χ0v) is 10.4. The molecule has 0 heterocycles. The zero-order valence-electron chi connectivity index (χ0n) is 9.60. The molecule has 0 atom stereocenters. The average molecular weight is 256 g/mol. The summed E-state index contributed by atoms with van der Waals surface area (Å²) in [6.45, 7) is 6.89. The van der Waals surface area contributed by atoms with Gasteiger partial charge in [0.25, 0.3) is 0 Å². The van der Waals surface area contributed by atoms with Gasteiger partial charge in [0.1, 0.15) is 0 Å². The Balaban J connectivity index is -0.000000200. The van der Waals surface area contributed by atoms with Crippen LogP contribution in [0.4, 0.5) is 0 Å². The van der Waals surface area contributed by atoms with Crippen molar-refractivity contribution in [1.29, 1.82) is 0 Å². The summed E-state index contributed by atoms with van der Waals surface area (Å²) >= 11 is 0. The van der Waals surface area contributed by atoms with E-state index in [4.69, 9.17) is 10.3 Å². The first-order valence-electron chi connectivity index (χ1n) is 4.34. The minimum atomic E-state index is -4.17. The Hall–Kier alpha value is -0.960. The van der Waals surface area contributed by atoms with E-state index < -0.39 is 10.4 Å². The smallest absolute Gasteiger partial charge is 0.366 e. The predicted octanol–water partition coefficient (Wildman–Crippen LogP) is 0.816. The zero-order chi connectivity index (χ0) is 12.5. The van der Waals surface area contributed by atoms with Crippen LogP contribution in [-0.2, 0) is 19.4 Å². The van der Waals surface area contributed by atoms with E-state index in [1.165, 1.54) is 6.92 Å². The van der Waals surface area contributed by atoms with Crippen molar-refractivity contribution in [1.82, 2.24) is 6.15 Å². The fraction of sp³-hybridized carbons (Fsp3) is 0.625. The van der Waals surface area contributed by atoms with Gasteiger partial charge in [0.2, 0.25) is 5.91 Å². The summed E-state index contributed by atoms with van der Waals surface area (Å²) < 4.78 is 30.7. The number of carbonyl (C=O) groups is 1. The highest BCUT2D eigenvalue weighted by molar-refractivity contribution is 7.80. The Morgan fingerprint density at radius 2 is 1.88 bits per heavy atom. The summed E-state index contributed by atoms with van der Waals surface area (Å²) in [7, 11) is -4.17. The molecule has 0 aliphatic rings. The standard InChI is InChI=1S/C6H11NO.C2H6O4S.H3N/c1-3-4-5(2)6(7)8;1-2-6-7(3,4)5;/h2-4H2,1H3,(H2,7,8);2H2,1H3,(H,3,4,5);1H3. The number of amides is 1. The van der Waals surface area contributed by atoms with Gasteiger partial charge in [0.05, 0.1) is 6.61 Å². The molecule has 0 fully saturated rings. The van der Waals surface area contributed by atoms with Gasteiger partial charge in [0.15, 0.2) is 0 Å². The maximum Gasteiger partial charge on any atom is 0.397 e. The lowest BCUT2D eigenvalue weighted by molar-refractivity contribution is -0.114. The average Bonchev–Trinajstić information content (AvgIpc) is 2.03. The van der Waals surface area contributed by atoms with Crippen LogP contribution in [0.1, 0.15) is 26.7 Å². The molecule has 0 aliphatic carbocycles. The van der Waals surface area contributed by atoms with Crippen LogP contribution in [0, 0.1) is 0 Å². The van der Waals surface area contributed by atoms with Gasteiger partial charge < -0.3 is 11.9 Å². The normalized spacial score (nSPS) is 9.44. The third kappa shape index (κ3) is 18.8. The molecule has 0 radical (unpaired) electrons. The minimum Gasteiger partial charge on any atom is -0.366 e. The summed E-state index contributed by atoms with van der Waals surface area (Å²) in [6, 6.07) is 0. The number of hydrogen-bond acceptors (Lipinski definition) is 5. The molecular weight excluding hydrogens is 236 g/mol. The summed E-state index contributed by atoms with van der Waals surface area (Å²) in [5.41, 5.74) is 5.40. The number of rotatable bonds is 5. The summed E-state index contributed by atoms with van der Waals surface area (Å²) in [4.78, 5) is 10.2. The van der Waals surface area contributed by atoms with Crippen LogP contribution < -0.4 is 11.9 Å². The first kappa shape index (κ1) is 20.5. The predicted molar refractivity (Wildman–Crippen MR) is 61.4 cm³/mol. The molecule has 16 heavy (non-hydrogen) atoms. The Morgan fingerprint density at radius 1 is 1.44 bits per heavy atom. The van der Waals surface area contributed by atoms with E-state index in [9.17, 15) is 13.2 Å². The largest absolute Gasteiger partial charge is 0.397 e. The highest BCUT2D eigenvalue weighted by Crippen LogP contribution is 1.98. The molecule has 0 rings (SSSR count). The molecule has 0 aromatic carbocycles. The Kier molecular flexibility index (Phi) is 13.5. The number of hydrogen-bond donors (Lipinski definition) is 3. The summed E-state index contributed by atoms with van der Waals surface area (Å²) in [5, 5.41) is 0. The highest BCUT2D eigenvalue weighted by Gasteiger charge is 1.98. The molecule has 0 saturated carbocycles. The SMILES string of the molecule is C=C(CCC)C(N)=O.CCOS(=O)(=O)O.N. The molecular formula is C8H20N2O5S. The molecule has 98 valence electrons. The Labute approximate surface area is 96.2 Å². The minimum absolute atomic E-state index is 0. The van der Waals surface area contributed by atoms with Gasteiger partial charge in [-0.2, -0.15) is 8.42 Å². The fourth-order valence-electron chi connectivity index (χ4n) is 0.574. The van der Waals surface area contributed by atoms with E-state index in [1.807, 2.05) is 6.92 Å². The lowest BCUT2D eigenvalue weighted by atomic mass is 10.2. The van der Waals surface area contributed by atoms with Gasteiger partial charge in [0, 0.05) is 5.57 Å². The van der Waals surface area contributed by atoms with Gasteiger partial charge >= 0.3 is 10.4 Å². The highest BCUT2D eigenvalue weighted by atomic mass is 32.3. The fourth-order valence-corrected chi connectivity index (χ4v) is 0.872. The van der Waals surface area contributed by atoms with Crippen molar-refractivity contribution in [3.05, 3.63) is 12.2 Å². The van der Waals surface area contributed by atoms with Crippen molar-refractivity contribution in [2.75, 3.05) is 6.61 Å². The van der Waals surface area contributed by atoms with E-state index in [0.29, 0.717) is 5.57 Å². The summed E-state index contributed by atoms with van der Waals surface area (Å²) in [5.74, 6) is -0.383. The molecule has 0 unspecified atom stereocenters. The molecule has 0 spiro atoms. The number of carbonyl (C=O) groups excluding carboxylic acids is 1. The topological polar surface area (TPSA) is 142 Å². The van der Waals surface area contributed by atoms with Crippen molar-refractivity contribution >= 4 is 16.3 Å². The van der Waals surface area contributed by atoms with E-state index in [1.54, 1.807) is 0 Å². The quantitative estimate of drug-likeness (QED) is 0.491. The molecule has 0 aromatic heterocycles. The van der Waals surface area contributed by atoms with Crippen LogP contribution >= 0.6 is 0 Å².